The van der Waals surface area contributed by atoms with Crippen LogP contribution >= 0.6 is 0 Å². The summed E-state index contributed by atoms with van der Waals surface area (Å²) in [5.41, 5.74) is 15.7. The van der Waals surface area contributed by atoms with Gasteiger partial charge in [-0.15, -0.1) is 0 Å². The molecule has 806 valence electrons. The van der Waals surface area contributed by atoms with Crippen LogP contribution in [0.4, 0.5) is 0 Å². The average Bonchev–Trinajstić information content (AvgIpc) is 1.11. The highest BCUT2D eigenvalue weighted by Gasteiger charge is 2.23. The van der Waals surface area contributed by atoms with E-state index in [1.54, 1.807) is 182 Å². The van der Waals surface area contributed by atoms with Crippen LogP contribution in [-0.2, 0) is 23.7 Å². The standard InChI is InChI=1S/C14H20O2.C14H20O.C13H18O2.2C13H18O.C12H16O2.C12H16O.C11H14O2.C11H14O.C10H12O2.C9H10O2/c1-3-5-6-7-10-16-14-11-12(4-2)8-9-13(14)15;1-3-5-6-7-8-13-11-12(4-2)9-10-14(13)15;1-3-5-6-9-15-13-10-11(4-2)7-8-12(13)14;1-5-10-7-8-12(14)11(9-10)13(3,4)6-2;1-3-5-6-7-12-10-11(4-2)8-9-13(12)14;1-5-9-6-7-10(13)11(8-9)14-12(2,3)4;1-5-9-6-7-11(13)10(8-9)12(2,3)4;1-4-9-5-6-10(12)11(7-9)13-8(2)3;1-4-9-5-6-11(12)10(7-9)8(2)3;1-3-8-5-6-9(11)10(7-8)12-4-2;1-3-7-4-5-8(10)9(6-7)11-2/h4,8-9,11,15H,2-3,5-7,10H2,1H3;4,9-11,15H,2-3,5-8H2,1H3;4,7-8,10,14H,2-3,5-6,9H2,1H3;5,7-9,14H,1,6H2,2-4H3;4,8-10,14H,2-3,5-7H2,1H3;5-8,13H,1H2,2-4H3;5-8,13H,1H2,2-4H3;4-8,12H,1H2,2-3H3;4-8,12H,1H2,2-3H3;3,5-7,11H,1,4H2,2H3;3-6,10H,1H2,2H3. The van der Waals surface area contributed by atoms with Crippen LogP contribution < -0.4 is 28.4 Å². The maximum atomic E-state index is 9.76. The molecule has 0 fully saturated rings. The van der Waals surface area contributed by atoms with E-state index < -0.39 is 0 Å². The fourth-order valence-corrected chi connectivity index (χ4v) is 13.6. The molecule has 149 heavy (non-hydrogen) atoms. The molecule has 0 saturated heterocycles. The molecule has 11 aromatic carbocycles. The van der Waals surface area contributed by atoms with Crippen molar-refractivity contribution >= 4 is 66.8 Å². The first-order valence-electron chi connectivity index (χ1n) is 51.6. The van der Waals surface area contributed by atoms with Crippen molar-refractivity contribution in [2.45, 2.75) is 262 Å². The molecule has 17 heteroatoms. The molecule has 0 saturated carbocycles. The third-order valence-electron chi connectivity index (χ3n) is 22.7. The van der Waals surface area contributed by atoms with Crippen LogP contribution in [-0.4, -0.2) is 94.8 Å². The van der Waals surface area contributed by atoms with Crippen LogP contribution in [0.1, 0.15) is 316 Å². The lowest BCUT2D eigenvalue weighted by atomic mass is 9.81. The minimum absolute atomic E-state index is 0.0170. The van der Waals surface area contributed by atoms with Gasteiger partial charge in [0.15, 0.2) is 69.0 Å². The molecule has 11 rings (SSSR count). The van der Waals surface area contributed by atoms with Gasteiger partial charge in [0.05, 0.1) is 33.0 Å². The highest BCUT2D eigenvalue weighted by molar-refractivity contribution is 5.62. The average molecular weight is 2030 g/mol. The molecule has 11 aromatic rings. The van der Waals surface area contributed by atoms with Crippen LogP contribution in [0.2, 0.25) is 0 Å². The highest BCUT2D eigenvalue weighted by Crippen LogP contribution is 2.39. The molecule has 0 heterocycles. The van der Waals surface area contributed by atoms with Gasteiger partial charge in [0.25, 0.3) is 0 Å². The van der Waals surface area contributed by atoms with Gasteiger partial charge in [-0.3, -0.25) is 0 Å². The third-order valence-corrected chi connectivity index (χ3v) is 22.7. The molecule has 17 nitrogen and oxygen atoms in total. The van der Waals surface area contributed by atoms with Crippen LogP contribution in [0.15, 0.2) is 273 Å². The maximum Gasteiger partial charge on any atom is 0.162 e. The Labute approximate surface area is 894 Å². The smallest absolute Gasteiger partial charge is 0.162 e. The summed E-state index contributed by atoms with van der Waals surface area (Å²) in [6.07, 6.45) is 38.8. The van der Waals surface area contributed by atoms with Crippen LogP contribution in [0.3, 0.4) is 0 Å². The Kier molecular flexibility index (Phi) is 65.0. The van der Waals surface area contributed by atoms with E-state index in [0.717, 1.165) is 140 Å². The first-order chi connectivity index (χ1) is 70.8. The van der Waals surface area contributed by atoms with E-state index in [2.05, 4.69) is 155 Å². The third kappa shape index (κ3) is 53.4. The van der Waals surface area contributed by atoms with Gasteiger partial charge < -0.3 is 84.6 Å². The molecule has 0 aliphatic heterocycles. The Morgan fingerprint density at radius 1 is 0.268 bits per heavy atom. The van der Waals surface area contributed by atoms with Gasteiger partial charge in [0.1, 0.15) is 34.3 Å². The number of phenols is 11. The van der Waals surface area contributed by atoms with Gasteiger partial charge in [-0.1, -0.05) is 353 Å². The number of hydrogen-bond donors (Lipinski definition) is 11. The fourth-order valence-electron chi connectivity index (χ4n) is 13.6. The summed E-state index contributed by atoms with van der Waals surface area (Å²) in [7, 11) is 1.52. The molecule has 0 bridgehead atoms. The number of phenolic OH excluding ortho intramolecular Hbond substituents is 11. The Morgan fingerprint density at radius 2 is 0.530 bits per heavy atom. The number of methoxy groups -OCH3 is 1. The van der Waals surface area contributed by atoms with Gasteiger partial charge >= 0.3 is 0 Å². The van der Waals surface area contributed by atoms with E-state index >= 15 is 0 Å². The van der Waals surface area contributed by atoms with Crippen molar-refractivity contribution in [3.8, 4) is 97.7 Å². The molecule has 0 aliphatic rings. The lowest BCUT2D eigenvalue weighted by Gasteiger charge is -2.24. The van der Waals surface area contributed by atoms with Gasteiger partial charge in [-0.25, -0.2) is 0 Å². The summed E-state index contributed by atoms with van der Waals surface area (Å²) in [6.45, 7) is 79.3. The largest absolute Gasteiger partial charge is 0.508 e. The lowest BCUT2D eigenvalue weighted by molar-refractivity contribution is 0.126. The number of hydrogen-bond acceptors (Lipinski definition) is 17. The monoisotopic (exact) mass is 2030 g/mol. The van der Waals surface area contributed by atoms with E-state index in [9.17, 15) is 56.2 Å². The first-order valence-corrected chi connectivity index (χ1v) is 51.6. The summed E-state index contributed by atoms with van der Waals surface area (Å²) in [4.78, 5) is 0. The number of ether oxygens (including phenoxy) is 6. The molecule has 0 radical (unpaired) electrons. The van der Waals surface area contributed by atoms with E-state index in [1.165, 1.54) is 64.9 Å². The topological polar surface area (TPSA) is 278 Å². The Morgan fingerprint density at radius 3 is 0.866 bits per heavy atom. The molecule has 0 atom stereocenters. The van der Waals surface area contributed by atoms with Gasteiger partial charge in [0.2, 0.25) is 0 Å². The second-order valence-corrected chi connectivity index (χ2v) is 38.1. The van der Waals surface area contributed by atoms with Crippen molar-refractivity contribution in [2.75, 3.05) is 26.9 Å². The van der Waals surface area contributed by atoms with Crippen molar-refractivity contribution in [1.29, 1.82) is 0 Å². The fraction of sp³-hybridized carbons (Fsp3) is 0.333. The number of benzene rings is 11. The zero-order valence-corrected chi connectivity index (χ0v) is 92.8. The molecule has 0 spiro atoms. The number of aryl methyl sites for hydroxylation is 2. The van der Waals surface area contributed by atoms with Crippen LogP contribution in [0.5, 0.6) is 97.7 Å². The van der Waals surface area contributed by atoms with Crippen molar-refractivity contribution in [1.82, 2.24) is 0 Å². The summed E-state index contributed by atoms with van der Waals surface area (Å²) >= 11 is 0. The number of unbranched alkanes of at least 4 members (excludes halogenated alkanes) is 10. The highest BCUT2D eigenvalue weighted by atomic mass is 16.5. The van der Waals surface area contributed by atoms with Crippen molar-refractivity contribution in [2.24, 2.45) is 0 Å². The zero-order chi connectivity index (χ0) is 112. The maximum absolute atomic E-state index is 9.76. The summed E-state index contributed by atoms with van der Waals surface area (Å²) in [5, 5.41) is 105. The molecular weight excluding hydrogens is 1860 g/mol. The molecule has 11 N–H and O–H groups in total. The van der Waals surface area contributed by atoms with Gasteiger partial charge in [0, 0.05) is 5.56 Å². The summed E-state index contributed by atoms with van der Waals surface area (Å²) < 4.78 is 32.0. The van der Waals surface area contributed by atoms with Crippen LogP contribution in [0, 0.1) is 0 Å². The van der Waals surface area contributed by atoms with E-state index in [4.69, 9.17) is 28.4 Å². The minimum atomic E-state index is -0.308. The number of rotatable bonds is 40. The number of aromatic hydroxyl groups is 11. The first kappa shape index (κ1) is 132. The zero-order valence-electron chi connectivity index (χ0n) is 92.8. The van der Waals surface area contributed by atoms with Crippen molar-refractivity contribution in [3.63, 3.8) is 0 Å². The molecular formula is C132H176O17. The predicted molar refractivity (Wildman–Crippen MR) is 636 cm³/mol. The Balaban J connectivity index is 0.000000821. The Bertz CT molecular complexity index is 5790. The second kappa shape index (κ2) is 73.3. The summed E-state index contributed by atoms with van der Waals surface area (Å²) in [5.74, 6) is 6.39. The Hall–Kier alpha value is -14.8. The molecule has 0 aromatic heterocycles. The van der Waals surface area contributed by atoms with Crippen molar-refractivity contribution < 1.29 is 84.6 Å². The van der Waals surface area contributed by atoms with Crippen LogP contribution in [0.25, 0.3) is 66.8 Å². The SMILES string of the molecule is C=Cc1ccc(O)c(C(C)(C)C)c1.C=Cc1ccc(O)c(C(C)(C)CC)c1.C=Cc1ccc(O)c(C(C)C)c1.C=Cc1ccc(O)c(CCCCC)c1.C=Cc1ccc(O)c(CCCCCC)c1.C=Cc1ccc(O)c(OC(C)(C)C)c1.C=Cc1ccc(O)c(OC(C)C)c1.C=Cc1ccc(O)c(OC)c1.C=Cc1ccc(O)c(OCC)c1.C=Cc1ccc(O)c(OCCCCC)c1.C=Cc1ccc(O)c(OCCCCCC)c1. The summed E-state index contributed by atoms with van der Waals surface area (Å²) in [6, 6.07) is 59.0. The normalized spacial score (nSPS) is 10.3. The van der Waals surface area contributed by atoms with Gasteiger partial charge in [-0.05, 0) is 320 Å². The lowest BCUT2D eigenvalue weighted by Crippen LogP contribution is -2.23. The van der Waals surface area contributed by atoms with Gasteiger partial charge in [-0.2, -0.15) is 0 Å². The van der Waals surface area contributed by atoms with E-state index in [1.807, 2.05) is 126 Å². The molecule has 0 amide bonds. The molecule has 0 unspecified atom stereocenters. The molecule has 0 aliphatic carbocycles. The van der Waals surface area contributed by atoms with E-state index in [0.29, 0.717) is 89.0 Å². The predicted octanol–water partition coefficient (Wildman–Crippen LogP) is 36.3. The second-order valence-electron chi connectivity index (χ2n) is 38.1. The minimum Gasteiger partial charge on any atom is -0.508 e. The van der Waals surface area contributed by atoms with E-state index in [-0.39, 0.29) is 57.0 Å². The quantitative estimate of drug-likeness (QED) is 0.0159. The van der Waals surface area contributed by atoms with Crippen molar-refractivity contribution in [3.05, 3.63) is 362 Å².